The van der Waals surface area contributed by atoms with Gasteiger partial charge in [0.1, 0.15) is 0 Å². The quantitative estimate of drug-likeness (QED) is 0.187. The molecule has 5 aromatic rings. The number of thiophene rings is 2. The van der Waals surface area contributed by atoms with Crippen LogP contribution in [0.2, 0.25) is 5.02 Å². The lowest BCUT2D eigenvalue weighted by atomic mass is 10.1. The molecule has 1 nitrogen and oxygen atoms in total. The predicted octanol–water partition coefficient (Wildman–Crippen LogP) is 9.32. The molecule has 2 heterocycles. The molecular formula is C29H22BrClOS2. The minimum absolute atomic E-state index is 0.107. The van der Waals surface area contributed by atoms with Crippen molar-refractivity contribution in [2.75, 3.05) is 0 Å². The van der Waals surface area contributed by atoms with E-state index in [-0.39, 0.29) is 5.78 Å². The van der Waals surface area contributed by atoms with Gasteiger partial charge >= 0.3 is 0 Å². The van der Waals surface area contributed by atoms with Crippen molar-refractivity contribution >= 4 is 56.0 Å². The van der Waals surface area contributed by atoms with Crippen LogP contribution in [0.15, 0.2) is 113 Å². The van der Waals surface area contributed by atoms with Crippen molar-refractivity contribution in [3.63, 3.8) is 0 Å². The molecule has 0 aliphatic heterocycles. The molecule has 0 N–H and O–H groups in total. The van der Waals surface area contributed by atoms with Crippen LogP contribution in [0.4, 0.5) is 0 Å². The molecule has 0 aliphatic rings. The average Bonchev–Trinajstić information content (AvgIpc) is 3.55. The lowest BCUT2D eigenvalue weighted by molar-refractivity contribution is 0.104. The average molecular weight is 566 g/mol. The topological polar surface area (TPSA) is 17.1 Å². The van der Waals surface area contributed by atoms with Crippen LogP contribution in [-0.2, 0) is 12.8 Å². The second kappa shape index (κ2) is 12.3. The summed E-state index contributed by atoms with van der Waals surface area (Å²) >= 11 is 13.1. The Bertz CT molecular complexity index is 1330. The first-order chi connectivity index (χ1) is 16.6. The Hall–Kier alpha value is -2.50. The van der Waals surface area contributed by atoms with E-state index in [1.165, 1.54) is 32.2 Å². The number of carbonyl (C=O) groups excluding carboxylic acids is 1. The van der Waals surface area contributed by atoms with Gasteiger partial charge in [-0.15, -0.1) is 22.7 Å². The molecule has 5 heteroatoms. The van der Waals surface area contributed by atoms with Gasteiger partial charge in [0.25, 0.3) is 0 Å². The van der Waals surface area contributed by atoms with Crippen LogP contribution in [0, 0.1) is 0 Å². The fourth-order valence-electron chi connectivity index (χ4n) is 3.42. The third-order valence-electron chi connectivity index (χ3n) is 5.09. The molecule has 0 aliphatic carbocycles. The molecule has 5 rings (SSSR count). The lowest BCUT2D eigenvalue weighted by Gasteiger charge is -2.03. The van der Waals surface area contributed by atoms with Gasteiger partial charge in [-0.3, -0.25) is 4.79 Å². The standard InChI is InChI=1S/C18H14BrClS.C11H8OS/c19-15-6-9-18(20)14(11-15)12-17-8-7-16(21-17)10-13-4-2-1-3-5-13;12-11(10-7-4-8-13-10)9-5-2-1-3-6-9/h1-9,11H,10,12H2;1-8H. The van der Waals surface area contributed by atoms with Crippen LogP contribution in [0.5, 0.6) is 0 Å². The highest BCUT2D eigenvalue weighted by Gasteiger charge is 2.08. The van der Waals surface area contributed by atoms with Gasteiger partial charge in [0, 0.05) is 37.7 Å². The van der Waals surface area contributed by atoms with E-state index in [2.05, 4.69) is 64.5 Å². The number of carbonyl (C=O) groups is 1. The normalized spacial score (nSPS) is 10.4. The molecule has 0 fully saturated rings. The second-order valence-electron chi connectivity index (χ2n) is 7.62. The van der Waals surface area contributed by atoms with Gasteiger partial charge < -0.3 is 0 Å². The minimum Gasteiger partial charge on any atom is -0.288 e. The maximum atomic E-state index is 11.7. The summed E-state index contributed by atoms with van der Waals surface area (Å²) in [5.41, 5.74) is 3.27. The van der Waals surface area contributed by atoms with Crippen molar-refractivity contribution in [3.05, 3.63) is 149 Å². The van der Waals surface area contributed by atoms with E-state index in [0.717, 1.165) is 32.8 Å². The monoisotopic (exact) mass is 564 g/mol. The summed E-state index contributed by atoms with van der Waals surface area (Å²) in [6, 6.07) is 34.1. The smallest absolute Gasteiger partial charge is 0.202 e. The van der Waals surface area contributed by atoms with Crippen molar-refractivity contribution in [2.45, 2.75) is 12.8 Å². The zero-order chi connectivity index (χ0) is 23.8. The van der Waals surface area contributed by atoms with E-state index in [1.54, 1.807) is 0 Å². The zero-order valence-electron chi connectivity index (χ0n) is 18.3. The van der Waals surface area contributed by atoms with E-state index in [4.69, 9.17) is 11.6 Å². The van der Waals surface area contributed by atoms with Crippen LogP contribution in [0.1, 0.15) is 36.1 Å². The van der Waals surface area contributed by atoms with Crippen molar-refractivity contribution in [2.24, 2.45) is 0 Å². The van der Waals surface area contributed by atoms with Gasteiger partial charge in [-0.2, -0.15) is 0 Å². The maximum absolute atomic E-state index is 11.7. The number of halogens is 2. The van der Waals surface area contributed by atoms with Crippen LogP contribution < -0.4 is 0 Å². The first-order valence-corrected chi connectivity index (χ1v) is 13.6. The van der Waals surface area contributed by atoms with E-state index >= 15 is 0 Å². The fourth-order valence-corrected chi connectivity index (χ4v) is 5.77. The summed E-state index contributed by atoms with van der Waals surface area (Å²) in [6.07, 6.45) is 1.88. The summed E-state index contributed by atoms with van der Waals surface area (Å²) in [5.74, 6) is 0.107. The zero-order valence-corrected chi connectivity index (χ0v) is 22.3. The molecule has 0 saturated heterocycles. The Kier molecular flexibility index (Phi) is 8.89. The molecule has 34 heavy (non-hydrogen) atoms. The van der Waals surface area contributed by atoms with Crippen molar-refractivity contribution < 1.29 is 4.79 Å². The fraction of sp³-hybridized carbons (Fsp3) is 0.0690. The number of hydrogen-bond donors (Lipinski definition) is 0. The Morgan fingerprint density at radius 1 is 0.765 bits per heavy atom. The highest BCUT2D eigenvalue weighted by atomic mass is 79.9. The van der Waals surface area contributed by atoms with Gasteiger partial charge in [-0.25, -0.2) is 0 Å². The number of hydrogen-bond acceptors (Lipinski definition) is 3. The first kappa shape index (κ1) is 24.6. The maximum Gasteiger partial charge on any atom is 0.202 e. The predicted molar refractivity (Wildman–Crippen MR) is 150 cm³/mol. The molecule has 3 aromatic carbocycles. The van der Waals surface area contributed by atoms with Crippen molar-refractivity contribution in [1.82, 2.24) is 0 Å². The number of benzene rings is 3. The first-order valence-electron chi connectivity index (χ1n) is 10.8. The Labute approximate surface area is 221 Å². The van der Waals surface area contributed by atoms with Gasteiger partial charge in [0.2, 0.25) is 5.78 Å². The molecule has 0 unspecified atom stereocenters. The molecule has 0 radical (unpaired) electrons. The van der Waals surface area contributed by atoms with Crippen molar-refractivity contribution in [3.8, 4) is 0 Å². The molecule has 0 saturated carbocycles. The highest BCUT2D eigenvalue weighted by Crippen LogP contribution is 2.27. The molecule has 0 atom stereocenters. The van der Waals surface area contributed by atoms with E-state index in [1.807, 2.05) is 71.3 Å². The Morgan fingerprint density at radius 2 is 1.44 bits per heavy atom. The summed E-state index contributed by atoms with van der Waals surface area (Å²) in [7, 11) is 0. The van der Waals surface area contributed by atoms with Gasteiger partial charge in [0.15, 0.2) is 0 Å². The lowest BCUT2D eigenvalue weighted by Crippen LogP contribution is -1.96. The van der Waals surface area contributed by atoms with Gasteiger partial charge in [0.05, 0.1) is 4.88 Å². The number of ketones is 1. The molecule has 0 amide bonds. The van der Waals surface area contributed by atoms with Crippen LogP contribution >= 0.6 is 50.2 Å². The molecule has 0 bridgehead atoms. The van der Waals surface area contributed by atoms with Gasteiger partial charge in [-0.05, 0) is 52.9 Å². The van der Waals surface area contributed by atoms with Crippen LogP contribution in [0.3, 0.4) is 0 Å². The summed E-state index contributed by atoms with van der Waals surface area (Å²) < 4.78 is 1.07. The summed E-state index contributed by atoms with van der Waals surface area (Å²) in [4.78, 5) is 15.3. The van der Waals surface area contributed by atoms with Crippen LogP contribution in [0.25, 0.3) is 0 Å². The Balaban J connectivity index is 0.000000180. The minimum atomic E-state index is 0.107. The molecule has 2 aromatic heterocycles. The summed E-state index contributed by atoms with van der Waals surface area (Å²) in [6.45, 7) is 0. The Morgan fingerprint density at radius 3 is 2.12 bits per heavy atom. The summed E-state index contributed by atoms with van der Waals surface area (Å²) in [5, 5.41) is 2.74. The largest absolute Gasteiger partial charge is 0.288 e. The molecule has 0 spiro atoms. The third-order valence-corrected chi connectivity index (χ3v) is 7.91. The third kappa shape index (κ3) is 7.00. The number of rotatable bonds is 6. The SMILES string of the molecule is Clc1ccc(Br)cc1Cc1ccc(Cc2ccccc2)s1.O=C(c1ccccc1)c1cccs1. The van der Waals surface area contributed by atoms with Gasteiger partial charge in [-0.1, -0.05) is 94.3 Å². The second-order valence-corrected chi connectivity index (χ2v) is 11.1. The molecule has 170 valence electrons. The van der Waals surface area contributed by atoms with E-state index in [0.29, 0.717) is 0 Å². The van der Waals surface area contributed by atoms with Crippen molar-refractivity contribution in [1.29, 1.82) is 0 Å². The van der Waals surface area contributed by atoms with E-state index < -0.39 is 0 Å². The van der Waals surface area contributed by atoms with E-state index in [9.17, 15) is 4.79 Å². The van der Waals surface area contributed by atoms with Crippen LogP contribution in [-0.4, -0.2) is 5.78 Å². The highest BCUT2D eigenvalue weighted by molar-refractivity contribution is 9.10. The molecular weight excluding hydrogens is 544 g/mol.